The third-order valence-electron chi connectivity index (χ3n) is 5.82. The first-order valence-electron chi connectivity index (χ1n) is 10.6. The minimum absolute atomic E-state index is 0.0632. The van der Waals surface area contributed by atoms with Gasteiger partial charge in [0.2, 0.25) is 0 Å². The van der Waals surface area contributed by atoms with Crippen molar-refractivity contribution in [2.24, 2.45) is 0 Å². The van der Waals surface area contributed by atoms with Crippen molar-refractivity contribution in [1.82, 2.24) is 19.8 Å². The van der Waals surface area contributed by atoms with E-state index in [-0.39, 0.29) is 17.8 Å². The maximum atomic E-state index is 11.1. The summed E-state index contributed by atoms with van der Waals surface area (Å²) in [6, 6.07) is 26.4. The zero-order valence-corrected chi connectivity index (χ0v) is 18.4. The van der Waals surface area contributed by atoms with Gasteiger partial charge in [0, 0.05) is 42.5 Å². The second kappa shape index (κ2) is 8.84. The first-order valence-corrected chi connectivity index (χ1v) is 11.0. The zero-order valence-electron chi connectivity index (χ0n) is 17.6. The summed E-state index contributed by atoms with van der Waals surface area (Å²) >= 11 is 5.78. The normalized spacial score (nSPS) is 17.7. The summed E-state index contributed by atoms with van der Waals surface area (Å²) in [4.78, 5) is 17.5. The van der Waals surface area contributed by atoms with E-state index in [9.17, 15) is 10.1 Å². The van der Waals surface area contributed by atoms with Gasteiger partial charge < -0.3 is 14.8 Å². The van der Waals surface area contributed by atoms with E-state index < -0.39 is 4.92 Å². The molecule has 164 valence electrons. The van der Waals surface area contributed by atoms with Crippen LogP contribution in [0.5, 0.6) is 0 Å². The molecule has 1 N–H and O–H groups in total. The molecule has 1 saturated heterocycles. The molecule has 0 bridgehead atoms. The highest BCUT2D eigenvalue weighted by atomic mass is 32.1. The number of nitrogens with zero attached hydrogens (tertiary/aromatic N) is 4. The SMILES string of the molecule is O=[N+]([O-])c1ccc(-n2cccc2[C@H]2[C@@H](c3ccccn3)NC(=S)N2Cc2ccccc2)cc1. The molecule has 2 atom stereocenters. The molecule has 0 aliphatic carbocycles. The third-order valence-corrected chi connectivity index (χ3v) is 6.17. The van der Waals surface area contributed by atoms with E-state index in [0.717, 1.165) is 22.6 Å². The molecule has 2 aromatic carbocycles. The second-order valence-corrected chi connectivity index (χ2v) is 8.20. The lowest BCUT2D eigenvalue weighted by Gasteiger charge is -2.29. The van der Waals surface area contributed by atoms with E-state index in [2.05, 4.69) is 38.0 Å². The Bertz CT molecular complexity index is 1280. The maximum absolute atomic E-state index is 11.1. The highest BCUT2D eigenvalue weighted by Crippen LogP contribution is 2.40. The van der Waals surface area contributed by atoms with Crippen LogP contribution in [0.15, 0.2) is 97.3 Å². The van der Waals surface area contributed by atoms with Crippen LogP contribution in [-0.4, -0.2) is 24.5 Å². The lowest BCUT2D eigenvalue weighted by molar-refractivity contribution is -0.384. The fraction of sp³-hybridized carbons (Fsp3) is 0.120. The van der Waals surface area contributed by atoms with Crippen LogP contribution >= 0.6 is 12.2 Å². The van der Waals surface area contributed by atoms with Gasteiger partial charge in [0.1, 0.15) is 0 Å². The topological polar surface area (TPSA) is 76.2 Å². The standard InChI is InChI=1S/C25H21N5O2S/c31-30(32)20-13-11-19(12-14-20)28-16-6-10-22(28)24-23(21-9-4-5-15-26-21)27-25(33)29(24)17-18-7-2-1-3-8-18/h1-16,23-24H,17H2,(H,27,33)/t23-,24+/m1/s1. The van der Waals surface area contributed by atoms with Gasteiger partial charge in [0.25, 0.3) is 5.69 Å². The van der Waals surface area contributed by atoms with Gasteiger partial charge in [-0.05, 0) is 54.2 Å². The van der Waals surface area contributed by atoms with Crippen LogP contribution < -0.4 is 5.32 Å². The van der Waals surface area contributed by atoms with Gasteiger partial charge in [-0.15, -0.1) is 0 Å². The van der Waals surface area contributed by atoms with Crippen molar-refractivity contribution in [1.29, 1.82) is 0 Å². The maximum Gasteiger partial charge on any atom is 0.269 e. The second-order valence-electron chi connectivity index (χ2n) is 7.82. The first-order chi connectivity index (χ1) is 16.1. The largest absolute Gasteiger partial charge is 0.352 e. The molecule has 0 spiro atoms. The van der Waals surface area contributed by atoms with Crippen LogP contribution in [-0.2, 0) is 6.54 Å². The molecule has 1 fully saturated rings. The number of thiocarbonyl (C=S) groups is 1. The van der Waals surface area contributed by atoms with Gasteiger partial charge >= 0.3 is 0 Å². The number of pyridine rings is 1. The third kappa shape index (κ3) is 4.08. The molecule has 4 aromatic rings. The smallest absolute Gasteiger partial charge is 0.269 e. The van der Waals surface area contributed by atoms with Crippen LogP contribution in [0, 0.1) is 10.1 Å². The van der Waals surface area contributed by atoms with Crippen molar-refractivity contribution in [3.8, 4) is 5.69 Å². The molecule has 3 heterocycles. The number of nitro groups is 1. The Kier molecular flexibility index (Phi) is 5.58. The molecule has 2 aromatic heterocycles. The van der Waals surface area contributed by atoms with Crippen molar-refractivity contribution in [3.63, 3.8) is 0 Å². The molecule has 0 saturated carbocycles. The quantitative estimate of drug-likeness (QED) is 0.252. The number of rotatable bonds is 6. The molecule has 0 amide bonds. The molecule has 8 heteroatoms. The van der Waals surface area contributed by atoms with Crippen molar-refractivity contribution in [3.05, 3.63) is 124 Å². The van der Waals surface area contributed by atoms with Crippen molar-refractivity contribution in [2.45, 2.75) is 18.6 Å². The number of hydrogen-bond donors (Lipinski definition) is 1. The molecule has 5 rings (SSSR count). The number of aromatic nitrogens is 2. The molecule has 1 aliphatic rings. The predicted octanol–water partition coefficient (Wildman–Crippen LogP) is 4.95. The Morgan fingerprint density at radius 1 is 0.970 bits per heavy atom. The van der Waals surface area contributed by atoms with E-state index in [1.807, 2.05) is 48.7 Å². The van der Waals surface area contributed by atoms with Crippen molar-refractivity contribution in [2.75, 3.05) is 0 Å². The highest BCUT2D eigenvalue weighted by molar-refractivity contribution is 7.80. The van der Waals surface area contributed by atoms with Crippen LogP contribution in [0.2, 0.25) is 0 Å². The Morgan fingerprint density at radius 2 is 1.73 bits per heavy atom. The van der Waals surface area contributed by atoms with Gasteiger partial charge in [-0.25, -0.2) is 0 Å². The molecule has 0 unspecified atom stereocenters. The van der Waals surface area contributed by atoms with Crippen LogP contribution in [0.1, 0.15) is 29.0 Å². The van der Waals surface area contributed by atoms with E-state index in [1.54, 1.807) is 18.3 Å². The minimum Gasteiger partial charge on any atom is -0.352 e. The minimum atomic E-state index is -0.391. The van der Waals surface area contributed by atoms with E-state index in [0.29, 0.717) is 11.7 Å². The number of non-ortho nitro benzene ring substituents is 1. The zero-order chi connectivity index (χ0) is 22.8. The summed E-state index contributed by atoms with van der Waals surface area (Å²) in [5.41, 5.74) is 3.98. The van der Waals surface area contributed by atoms with Gasteiger partial charge in [-0.2, -0.15) is 0 Å². The monoisotopic (exact) mass is 455 g/mol. The molecule has 33 heavy (non-hydrogen) atoms. The fourth-order valence-electron chi connectivity index (χ4n) is 4.28. The summed E-state index contributed by atoms with van der Waals surface area (Å²) in [6.45, 7) is 0.645. The number of benzene rings is 2. The van der Waals surface area contributed by atoms with E-state index in [1.165, 1.54) is 12.1 Å². The number of nitro benzene ring substituents is 1. The van der Waals surface area contributed by atoms with Crippen LogP contribution in [0.3, 0.4) is 0 Å². The van der Waals surface area contributed by atoms with Crippen molar-refractivity contribution < 1.29 is 4.92 Å². The lowest BCUT2D eigenvalue weighted by Crippen LogP contribution is -2.30. The summed E-state index contributed by atoms with van der Waals surface area (Å²) in [5.74, 6) is 0. The average Bonchev–Trinajstić information content (AvgIpc) is 3.45. The van der Waals surface area contributed by atoms with Gasteiger partial charge in [0.05, 0.1) is 22.7 Å². The Morgan fingerprint density at radius 3 is 2.42 bits per heavy atom. The predicted molar refractivity (Wildman–Crippen MR) is 130 cm³/mol. The summed E-state index contributed by atoms with van der Waals surface area (Å²) in [7, 11) is 0. The molecule has 1 aliphatic heterocycles. The van der Waals surface area contributed by atoms with E-state index in [4.69, 9.17) is 12.2 Å². The summed E-state index contributed by atoms with van der Waals surface area (Å²) in [5, 5.41) is 15.2. The highest BCUT2D eigenvalue weighted by Gasteiger charge is 2.41. The lowest BCUT2D eigenvalue weighted by atomic mass is 10.0. The summed E-state index contributed by atoms with van der Waals surface area (Å²) < 4.78 is 2.05. The van der Waals surface area contributed by atoms with Gasteiger partial charge in [-0.3, -0.25) is 15.1 Å². The van der Waals surface area contributed by atoms with Gasteiger partial charge in [0.15, 0.2) is 5.11 Å². The first kappa shape index (κ1) is 20.8. The Labute approximate surface area is 196 Å². The summed E-state index contributed by atoms with van der Waals surface area (Å²) in [6.07, 6.45) is 3.75. The Balaban J connectivity index is 1.58. The Hall–Kier alpha value is -4.04. The fourth-order valence-corrected chi connectivity index (χ4v) is 4.59. The number of hydrogen-bond acceptors (Lipinski definition) is 4. The van der Waals surface area contributed by atoms with Crippen molar-refractivity contribution >= 4 is 23.0 Å². The molecule has 0 radical (unpaired) electrons. The van der Waals surface area contributed by atoms with E-state index >= 15 is 0 Å². The van der Waals surface area contributed by atoms with Crippen LogP contribution in [0.4, 0.5) is 5.69 Å². The van der Waals surface area contributed by atoms with Gasteiger partial charge in [-0.1, -0.05) is 36.4 Å². The number of nitrogens with one attached hydrogen (secondary N) is 1. The average molecular weight is 456 g/mol. The molecular formula is C25H21N5O2S. The molecule has 7 nitrogen and oxygen atoms in total. The molecular weight excluding hydrogens is 434 g/mol. The van der Waals surface area contributed by atoms with Crippen LogP contribution in [0.25, 0.3) is 5.69 Å².